The second-order valence-corrected chi connectivity index (χ2v) is 7.77. The normalized spacial score (nSPS) is 16.0. The number of benzene rings is 1. The Labute approximate surface area is 149 Å². The monoisotopic (exact) mass is 348 g/mol. The quantitative estimate of drug-likeness (QED) is 0.588. The van der Waals surface area contributed by atoms with E-state index in [-0.39, 0.29) is 17.7 Å². The fraction of sp³-hybridized carbons (Fsp3) is 0.579. The summed E-state index contributed by atoms with van der Waals surface area (Å²) >= 11 is 1.73. The highest BCUT2D eigenvalue weighted by molar-refractivity contribution is 7.99. The molecule has 1 aliphatic rings. The molecule has 0 saturated heterocycles. The number of amides is 2. The molecule has 0 heterocycles. The van der Waals surface area contributed by atoms with Gasteiger partial charge in [-0.15, -0.1) is 11.8 Å². The Hall–Kier alpha value is -1.49. The predicted octanol–water partition coefficient (Wildman–Crippen LogP) is 3.21. The smallest absolute Gasteiger partial charge is 0.242 e. The molecule has 1 atom stereocenters. The second kappa shape index (κ2) is 9.11. The Morgan fingerprint density at radius 2 is 1.92 bits per heavy atom. The van der Waals surface area contributed by atoms with E-state index >= 15 is 0 Å². The first-order chi connectivity index (χ1) is 11.5. The van der Waals surface area contributed by atoms with Crippen LogP contribution in [0.5, 0.6) is 0 Å². The lowest BCUT2D eigenvalue weighted by Crippen LogP contribution is -2.46. The first-order valence-corrected chi connectivity index (χ1v) is 9.74. The molecule has 2 N–H and O–H groups in total. The van der Waals surface area contributed by atoms with Crippen LogP contribution in [0.15, 0.2) is 23.1 Å². The SMILES string of the molecule is Cc1ccc(SCCNC(=O)C(C)NC(=O)C2CCCC2)cc1C. The zero-order valence-electron chi connectivity index (χ0n) is 14.9. The summed E-state index contributed by atoms with van der Waals surface area (Å²) < 4.78 is 0. The molecule has 0 radical (unpaired) electrons. The summed E-state index contributed by atoms with van der Waals surface area (Å²) in [6.45, 7) is 6.56. The van der Waals surface area contributed by atoms with Gasteiger partial charge in [0.05, 0.1) is 0 Å². The molecule has 4 nitrogen and oxygen atoms in total. The predicted molar refractivity (Wildman–Crippen MR) is 99.2 cm³/mol. The van der Waals surface area contributed by atoms with Crippen LogP contribution in [0.3, 0.4) is 0 Å². The Morgan fingerprint density at radius 3 is 2.58 bits per heavy atom. The number of aryl methyl sites for hydroxylation is 2. The zero-order chi connectivity index (χ0) is 17.5. The van der Waals surface area contributed by atoms with Gasteiger partial charge in [0, 0.05) is 23.1 Å². The van der Waals surface area contributed by atoms with E-state index in [2.05, 4.69) is 42.7 Å². The van der Waals surface area contributed by atoms with Crippen molar-refractivity contribution in [3.8, 4) is 0 Å². The van der Waals surface area contributed by atoms with Crippen LogP contribution in [0, 0.1) is 19.8 Å². The van der Waals surface area contributed by atoms with Gasteiger partial charge in [-0.3, -0.25) is 9.59 Å². The van der Waals surface area contributed by atoms with Gasteiger partial charge < -0.3 is 10.6 Å². The largest absolute Gasteiger partial charge is 0.353 e. The van der Waals surface area contributed by atoms with Gasteiger partial charge in [-0.1, -0.05) is 18.9 Å². The number of rotatable bonds is 7. The molecule has 2 rings (SSSR count). The standard InChI is InChI=1S/C19H28N2O2S/c1-13-8-9-17(12-14(13)2)24-11-10-20-18(22)15(3)21-19(23)16-6-4-5-7-16/h8-9,12,15-16H,4-7,10-11H2,1-3H3,(H,20,22)(H,21,23). The molecule has 1 unspecified atom stereocenters. The molecular formula is C19H28N2O2S. The number of carbonyl (C=O) groups is 2. The van der Waals surface area contributed by atoms with Gasteiger partial charge in [0.15, 0.2) is 0 Å². The minimum atomic E-state index is -0.468. The third kappa shape index (κ3) is 5.55. The lowest BCUT2D eigenvalue weighted by molar-refractivity contribution is -0.130. The average molecular weight is 349 g/mol. The maximum Gasteiger partial charge on any atom is 0.242 e. The number of nitrogens with one attached hydrogen (secondary N) is 2. The van der Waals surface area contributed by atoms with Crippen molar-refractivity contribution in [3.05, 3.63) is 29.3 Å². The highest BCUT2D eigenvalue weighted by Crippen LogP contribution is 2.24. The maximum atomic E-state index is 12.1. The van der Waals surface area contributed by atoms with Crippen molar-refractivity contribution in [1.82, 2.24) is 10.6 Å². The average Bonchev–Trinajstić information content (AvgIpc) is 3.09. The molecule has 1 saturated carbocycles. The molecule has 132 valence electrons. The lowest BCUT2D eigenvalue weighted by Gasteiger charge is -2.16. The molecular weight excluding hydrogens is 320 g/mol. The highest BCUT2D eigenvalue weighted by Gasteiger charge is 2.25. The Balaban J connectivity index is 1.66. The van der Waals surface area contributed by atoms with Crippen molar-refractivity contribution < 1.29 is 9.59 Å². The second-order valence-electron chi connectivity index (χ2n) is 6.60. The molecule has 0 aromatic heterocycles. The molecule has 0 aliphatic heterocycles. The zero-order valence-corrected chi connectivity index (χ0v) is 15.7. The summed E-state index contributed by atoms with van der Waals surface area (Å²) in [5.74, 6) is 0.833. The van der Waals surface area contributed by atoms with Crippen LogP contribution in [-0.4, -0.2) is 30.2 Å². The molecule has 0 spiro atoms. The van der Waals surface area contributed by atoms with Crippen LogP contribution in [0.25, 0.3) is 0 Å². The van der Waals surface area contributed by atoms with E-state index in [4.69, 9.17) is 0 Å². The molecule has 1 aliphatic carbocycles. The molecule has 1 aromatic carbocycles. The van der Waals surface area contributed by atoms with Crippen LogP contribution < -0.4 is 10.6 Å². The van der Waals surface area contributed by atoms with E-state index in [1.807, 2.05) is 0 Å². The molecule has 1 aromatic rings. The minimum absolute atomic E-state index is 0.0275. The first-order valence-electron chi connectivity index (χ1n) is 8.75. The van der Waals surface area contributed by atoms with Crippen molar-refractivity contribution >= 4 is 23.6 Å². The molecule has 1 fully saturated rings. The van der Waals surface area contributed by atoms with E-state index in [9.17, 15) is 9.59 Å². The van der Waals surface area contributed by atoms with Gasteiger partial charge in [0.1, 0.15) is 6.04 Å². The minimum Gasteiger partial charge on any atom is -0.353 e. The first kappa shape index (κ1) is 18.8. The van der Waals surface area contributed by atoms with Crippen LogP contribution >= 0.6 is 11.8 Å². The van der Waals surface area contributed by atoms with Gasteiger partial charge >= 0.3 is 0 Å². The van der Waals surface area contributed by atoms with Gasteiger partial charge in [-0.2, -0.15) is 0 Å². The van der Waals surface area contributed by atoms with Crippen molar-refractivity contribution in [1.29, 1.82) is 0 Å². The van der Waals surface area contributed by atoms with Crippen molar-refractivity contribution in [2.24, 2.45) is 5.92 Å². The van der Waals surface area contributed by atoms with Crippen LogP contribution in [0.4, 0.5) is 0 Å². The molecule has 2 amide bonds. The third-order valence-corrected chi connectivity index (χ3v) is 5.62. The summed E-state index contributed by atoms with van der Waals surface area (Å²) in [5, 5.41) is 5.74. The van der Waals surface area contributed by atoms with Gasteiger partial charge in [-0.25, -0.2) is 0 Å². The van der Waals surface area contributed by atoms with Gasteiger partial charge in [0.2, 0.25) is 11.8 Å². The molecule has 24 heavy (non-hydrogen) atoms. The Morgan fingerprint density at radius 1 is 1.21 bits per heavy atom. The van der Waals surface area contributed by atoms with Crippen LogP contribution in [0.2, 0.25) is 0 Å². The van der Waals surface area contributed by atoms with Crippen molar-refractivity contribution in [2.75, 3.05) is 12.3 Å². The van der Waals surface area contributed by atoms with Crippen molar-refractivity contribution in [3.63, 3.8) is 0 Å². The summed E-state index contributed by atoms with van der Waals surface area (Å²) in [6.07, 6.45) is 4.14. The topological polar surface area (TPSA) is 58.2 Å². The van der Waals surface area contributed by atoms with Gasteiger partial charge in [-0.05, 0) is 56.9 Å². The Bertz CT molecular complexity index is 583. The van der Waals surface area contributed by atoms with Crippen LogP contribution in [-0.2, 0) is 9.59 Å². The highest BCUT2D eigenvalue weighted by atomic mass is 32.2. The third-order valence-electron chi connectivity index (χ3n) is 4.63. The fourth-order valence-corrected chi connectivity index (χ4v) is 3.75. The lowest BCUT2D eigenvalue weighted by atomic mass is 10.1. The van der Waals surface area contributed by atoms with E-state index in [1.54, 1.807) is 18.7 Å². The van der Waals surface area contributed by atoms with Gasteiger partial charge in [0.25, 0.3) is 0 Å². The van der Waals surface area contributed by atoms with E-state index in [0.717, 1.165) is 31.4 Å². The number of hydrogen-bond donors (Lipinski definition) is 2. The fourth-order valence-electron chi connectivity index (χ4n) is 2.88. The maximum absolute atomic E-state index is 12.1. The summed E-state index contributed by atoms with van der Waals surface area (Å²) in [7, 11) is 0. The van der Waals surface area contributed by atoms with E-state index < -0.39 is 6.04 Å². The summed E-state index contributed by atoms with van der Waals surface area (Å²) in [6, 6.07) is 5.94. The molecule has 0 bridgehead atoms. The van der Waals surface area contributed by atoms with Crippen LogP contribution in [0.1, 0.15) is 43.7 Å². The Kier molecular flexibility index (Phi) is 7.16. The van der Waals surface area contributed by atoms with Crippen molar-refractivity contribution in [2.45, 2.75) is 57.4 Å². The number of thioether (sulfide) groups is 1. The van der Waals surface area contributed by atoms with E-state index in [1.165, 1.54) is 16.0 Å². The van der Waals surface area contributed by atoms with E-state index in [0.29, 0.717) is 6.54 Å². The summed E-state index contributed by atoms with van der Waals surface area (Å²) in [4.78, 5) is 25.3. The number of carbonyl (C=O) groups excluding carboxylic acids is 2. The number of hydrogen-bond acceptors (Lipinski definition) is 3. The summed E-state index contributed by atoms with van der Waals surface area (Å²) in [5.41, 5.74) is 2.58. The molecule has 5 heteroatoms.